The SMILES string of the molecule is Cc1[nH]c(-c2ccccc2)nc1-c1ccc(I)cc1. The zero-order valence-electron chi connectivity index (χ0n) is 10.5. The summed E-state index contributed by atoms with van der Waals surface area (Å²) in [5.41, 5.74) is 4.38. The number of hydrogen-bond donors (Lipinski definition) is 1. The lowest BCUT2D eigenvalue weighted by atomic mass is 10.1. The van der Waals surface area contributed by atoms with Crippen LogP contribution in [0.1, 0.15) is 5.69 Å². The first-order valence-electron chi connectivity index (χ1n) is 6.12. The van der Waals surface area contributed by atoms with Gasteiger partial charge in [0.15, 0.2) is 0 Å². The van der Waals surface area contributed by atoms with Crippen molar-refractivity contribution in [3.63, 3.8) is 0 Å². The van der Waals surface area contributed by atoms with Gasteiger partial charge in [-0.25, -0.2) is 4.98 Å². The Hall–Kier alpha value is -1.62. The van der Waals surface area contributed by atoms with Crippen LogP contribution in [0.2, 0.25) is 0 Å². The van der Waals surface area contributed by atoms with Gasteiger partial charge in [0.05, 0.1) is 5.69 Å². The molecule has 0 aliphatic heterocycles. The number of benzene rings is 2. The molecule has 1 aromatic heterocycles. The van der Waals surface area contributed by atoms with E-state index in [0.717, 1.165) is 28.3 Å². The van der Waals surface area contributed by atoms with Gasteiger partial charge >= 0.3 is 0 Å². The summed E-state index contributed by atoms with van der Waals surface area (Å²) in [6.45, 7) is 2.06. The Bertz CT molecular complexity index is 685. The molecule has 3 heteroatoms. The van der Waals surface area contributed by atoms with Crippen LogP contribution in [0, 0.1) is 10.5 Å². The van der Waals surface area contributed by atoms with Gasteiger partial charge in [0.2, 0.25) is 0 Å². The van der Waals surface area contributed by atoms with Crippen molar-refractivity contribution in [3.8, 4) is 22.6 Å². The summed E-state index contributed by atoms with van der Waals surface area (Å²) in [5.74, 6) is 0.923. The highest BCUT2D eigenvalue weighted by molar-refractivity contribution is 14.1. The molecule has 0 bridgehead atoms. The molecule has 0 saturated heterocycles. The quantitative estimate of drug-likeness (QED) is 0.662. The molecule has 0 aliphatic carbocycles. The van der Waals surface area contributed by atoms with Crippen molar-refractivity contribution in [3.05, 3.63) is 63.9 Å². The van der Waals surface area contributed by atoms with Crippen LogP contribution in [0.15, 0.2) is 54.6 Å². The molecule has 0 radical (unpaired) electrons. The molecular weight excluding hydrogens is 347 g/mol. The maximum absolute atomic E-state index is 4.72. The minimum absolute atomic E-state index is 0.923. The van der Waals surface area contributed by atoms with Gasteiger partial charge in [-0.15, -0.1) is 0 Å². The number of aromatic amines is 1. The Morgan fingerprint density at radius 1 is 0.895 bits per heavy atom. The minimum atomic E-state index is 0.923. The van der Waals surface area contributed by atoms with E-state index >= 15 is 0 Å². The Kier molecular flexibility index (Phi) is 3.38. The zero-order valence-corrected chi connectivity index (χ0v) is 12.7. The van der Waals surface area contributed by atoms with Gasteiger partial charge in [-0.1, -0.05) is 42.5 Å². The van der Waals surface area contributed by atoms with E-state index in [0.29, 0.717) is 0 Å². The minimum Gasteiger partial charge on any atom is -0.342 e. The molecular formula is C16H13IN2. The summed E-state index contributed by atoms with van der Waals surface area (Å²) >= 11 is 2.31. The van der Waals surface area contributed by atoms with Gasteiger partial charge < -0.3 is 4.98 Å². The summed E-state index contributed by atoms with van der Waals surface area (Å²) in [6.07, 6.45) is 0. The summed E-state index contributed by atoms with van der Waals surface area (Å²) in [5, 5.41) is 0. The third kappa shape index (κ3) is 2.56. The number of aryl methyl sites for hydroxylation is 1. The molecule has 0 aliphatic rings. The fourth-order valence-electron chi connectivity index (χ4n) is 2.08. The summed E-state index contributed by atoms with van der Waals surface area (Å²) in [7, 11) is 0. The average molecular weight is 360 g/mol. The summed E-state index contributed by atoms with van der Waals surface area (Å²) in [4.78, 5) is 8.08. The molecule has 1 N–H and O–H groups in total. The van der Waals surface area contributed by atoms with Crippen LogP contribution in [0.3, 0.4) is 0 Å². The van der Waals surface area contributed by atoms with Crippen molar-refractivity contribution >= 4 is 22.6 Å². The fraction of sp³-hybridized carbons (Fsp3) is 0.0625. The molecule has 94 valence electrons. The van der Waals surface area contributed by atoms with E-state index in [2.05, 4.69) is 70.9 Å². The van der Waals surface area contributed by atoms with Crippen LogP contribution in [0.25, 0.3) is 22.6 Å². The molecule has 19 heavy (non-hydrogen) atoms. The molecule has 0 fully saturated rings. The van der Waals surface area contributed by atoms with E-state index in [1.54, 1.807) is 0 Å². The molecule has 2 nitrogen and oxygen atoms in total. The van der Waals surface area contributed by atoms with Crippen LogP contribution < -0.4 is 0 Å². The number of nitrogens with one attached hydrogen (secondary N) is 1. The first-order valence-corrected chi connectivity index (χ1v) is 7.20. The highest BCUT2D eigenvalue weighted by Gasteiger charge is 2.09. The monoisotopic (exact) mass is 360 g/mol. The smallest absolute Gasteiger partial charge is 0.138 e. The largest absolute Gasteiger partial charge is 0.342 e. The topological polar surface area (TPSA) is 28.7 Å². The standard InChI is InChI=1S/C16H13IN2/c1-11-15(12-7-9-14(17)10-8-12)19-16(18-11)13-5-3-2-4-6-13/h2-10H,1H3,(H,18,19). The number of nitrogens with zero attached hydrogens (tertiary/aromatic N) is 1. The number of rotatable bonds is 2. The Morgan fingerprint density at radius 3 is 2.26 bits per heavy atom. The van der Waals surface area contributed by atoms with Gasteiger partial charge in [-0.2, -0.15) is 0 Å². The molecule has 3 aromatic rings. The van der Waals surface area contributed by atoms with Crippen molar-refractivity contribution in [2.24, 2.45) is 0 Å². The third-order valence-electron chi connectivity index (χ3n) is 3.05. The van der Waals surface area contributed by atoms with E-state index in [-0.39, 0.29) is 0 Å². The van der Waals surface area contributed by atoms with E-state index < -0.39 is 0 Å². The van der Waals surface area contributed by atoms with E-state index in [1.807, 2.05) is 18.2 Å². The molecule has 0 saturated carbocycles. The number of hydrogen-bond acceptors (Lipinski definition) is 1. The first kappa shape index (κ1) is 12.4. The molecule has 2 aromatic carbocycles. The predicted molar refractivity (Wildman–Crippen MR) is 86.9 cm³/mol. The van der Waals surface area contributed by atoms with E-state index in [4.69, 9.17) is 4.98 Å². The highest BCUT2D eigenvalue weighted by Crippen LogP contribution is 2.25. The van der Waals surface area contributed by atoms with E-state index in [1.165, 1.54) is 3.57 Å². The second-order valence-electron chi connectivity index (χ2n) is 4.43. The van der Waals surface area contributed by atoms with Crippen molar-refractivity contribution in [2.45, 2.75) is 6.92 Å². The fourth-order valence-corrected chi connectivity index (χ4v) is 2.44. The first-order chi connectivity index (χ1) is 9.24. The van der Waals surface area contributed by atoms with Gasteiger partial charge in [0.25, 0.3) is 0 Å². The average Bonchev–Trinajstić information content (AvgIpc) is 2.83. The molecule has 0 atom stereocenters. The Morgan fingerprint density at radius 2 is 1.58 bits per heavy atom. The van der Waals surface area contributed by atoms with Crippen LogP contribution in [0.4, 0.5) is 0 Å². The second-order valence-corrected chi connectivity index (χ2v) is 5.68. The predicted octanol–water partition coefficient (Wildman–Crippen LogP) is 4.66. The van der Waals surface area contributed by atoms with Crippen LogP contribution in [-0.4, -0.2) is 9.97 Å². The summed E-state index contributed by atoms with van der Waals surface area (Å²) < 4.78 is 1.23. The van der Waals surface area contributed by atoms with Gasteiger partial charge in [0, 0.05) is 20.4 Å². The zero-order chi connectivity index (χ0) is 13.2. The summed E-state index contributed by atoms with van der Waals surface area (Å²) in [6, 6.07) is 18.6. The normalized spacial score (nSPS) is 10.6. The van der Waals surface area contributed by atoms with Crippen molar-refractivity contribution < 1.29 is 0 Å². The third-order valence-corrected chi connectivity index (χ3v) is 3.77. The van der Waals surface area contributed by atoms with Crippen LogP contribution in [0.5, 0.6) is 0 Å². The highest BCUT2D eigenvalue weighted by atomic mass is 127. The maximum Gasteiger partial charge on any atom is 0.138 e. The second kappa shape index (κ2) is 5.17. The van der Waals surface area contributed by atoms with Crippen LogP contribution >= 0.6 is 22.6 Å². The molecule has 0 spiro atoms. The maximum atomic E-state index is 4.72. The van der Waals surface area contributed by atoms with Gasteiger partial charge in [-0.3, -0.25) is 0 Å². The number of aromatic nitrogens is 2. The van der Waals surface area contributed by atoms with Crippen molar-refractivity contribution in [1.82, 2.24) is 9.97 Å². The molecule has 3 rings (SSSR count). The van der Waals surface area contributed by atoms with Gasteiger partial charge in [-0.05, 0) is 41.6 Å². The van der Waals surface area contributed by atoms with E-state index in [9.17, 15) is 0 Å². The lowest BCUT2D eigenvalue weighted by Crippen LogP contribution is -1.81. The molecule has 0 amide bonds. The Balaban J connectivity index is 2.05. The molecule has 1 heterocycles. The molecule has 0 unspecified atom stereocenters. The Labute approximate surface area is 126 Å². The number of imidazole rings is 1. The van der Waals surface area contributed by atoms with Crippen molar-refractivity contribution in [1.29, 1.82) is 0 Å². The van der Waals surface area contributed by atoms with Crippen molar-refractivity contribution in [2.75, 3.05) is 0 Å². The number of H-pyrrole nitrogens is 1. The lowest BCUT2D eigenvalue weighted by Gasteiger charge is -1.98. The van der Waals surface area contributed by atoms with Crippen LogP contribution in [-0.2, 0) is 0 Å². The lowest BCUT2D eigenvalue weighted by molar-refractivity contribution is 1.26. The number of halogens is 1. The van der Waals surface area contributed by atoms with Gasteiger partial charge in [0.1, 0.15) is 5.82 Å².